The molecule has 0 spiro atoms. The van der Waals surface area contributed by atoms with E-state index < -0.39 is 0 Å². The van der Waals surface area contributed by atoms with Gasteiger partial charge >= 0.3 is 0 Å². The van der Waals surface area contributed by atoms with Crippen LogP contribution in [0.1, 0.15) is 23.2 Å². The van der Waals surface area contributed by atoms with Crippen molar-refractivity contribution in [1.29, 1.82) is 0 Å². The maximum absolute atomic E-state index is 11.8. The van der Waals surface area contributed by atoms with Gasteiger partial charge in [0.25, 0.3) is 5.91 Å². The lowest BCUT2D eigenvalue weighted by molar-refractivity contribution is 0.0933. The second-order valence-electron chi connectivity index (χ2n) is 4.03. The molecule has 2 rings (SSSR count). The highest BCUT2D eigenvalue weighted by Gasteiger charge is 2.43. The first-order valence-electron chi connectivity index (χ1n) is 4.93. The zero-order valence-corrected chi connectivity index (χ0v) is 10.8. The summed E-state index contributed by atoms with van der Waals surface area (Å²) >= 11 is 8.99. The van der Waals surface area contributed by atoms with Gasteiger partial charge in [-0.25, -0.2) is 0 Å². The third kappa shape index (κ3) is 2.33. The van der Waals surface area contributed by atoms with Crippen LogP contribution in [0.2, 0.25) is 0 Å². The van der Waals surface area contributed by atoms with Crippen LogP contribution in [-0.4, -0.2) is 22.4 Å². The van der Waals surface area contributed by atoms with Crippen molar-refractivity contribution >= 4 is 33.4 Å². The summed E-state index contributed by atoms with van der Waals surface area (Å²) in [6.45, 7) is 0. The average Bonchev–Trinajstić information content (AvgIpc) is 2.98. The number of alkyl halides is 1. The van der Waals surface area contributed by atoms with Crippen molar-refractivity contribution in [1.82, 2.24) is 5.32 Å². The van der Waals surface area contributed by atoms with Crippen molar-refractivity contribution in [2.45, 2.75) is 18.4 Å². The summed E-state index contributed by atoms with van der Waals surface area (Å²) in [7, 11) is 0. The highest BCUT2D eigenvalue weighted by molar-refractivity contribution is 9.10. The molecule has 1 fully saturated rings. The van der Waals surface area contributed by atoms with E-state index in [2.05, 4.69) is 21.2 Å². The van der Waals surface area contributed by atoms with Crippen LogP contribution in [-0.2, 0) is 0 Å². The first kappa shape index (κ1) is 11.7. The van der Waals surface area contributed by atoms with E-state index in [0.29, 0.717) is 5.88 Å². The van der Waals surface area contributed by atoms with Crippen LogP contribution in [0.15, 0.2) is 22.7 Å². The van der Waals surface area contributed by atoms with Crippen molar-refractivity contribution in [3.05, 3.63) is 28.2 Å². The maximum atomic E-state index is 11.8. The molecular formula is C11H11BrClNO2. The smallest absolute Gasteiger partial charge is 0.255 e. The first-order valence-corrected chi connectivity index (χ1v) is 6.26. The largest absolute Gasteiger partial charge is 0.507 e. The molecular weight excluding hydrogens is 293 g/mol. The Morgan fingerprint density at radius 3 is 2.75 bits per heavy atom. The molecule has 16 heavy (non-hydrogen) atoms. The summed E-state index contributed by atoms with van der Waals surface area (Å²) in [5.41, 5.74) is 0.0256. The van der Waals surface area contributed by atoms with Crippen LogP contribution >= 0.6 is 27.5 Å². The van der Waals surface area contributed by atoms with E-state index in [0.717, 1.165) is 17.3 Å². The van der Waals surface area contributed by atoms with E-state index in [4.69, 9.17) is 11.6 Å². The van der Waals surface area contributed by atoms with E-state index in [1.165, 1.54) is 6.07 Å². The number of carbonyl (C=O) groups is 1. The maximum Gasteiger partial charge on any atom is 0.255 e. The van der Waals surface area contributed by atoms with Gasteiger partial charge in [-0.2, -0.15) is 0 Å². The Labute approximate surface area is 107 Å². The number of rotatable bonds is 3. The Balaban J connectivity index is 2.15. The Morgan fingerprint density at radius 1 is 1.56 bits per heavy atom. The summed E-state index contributed by atoms with van der Waals surface area (Å²) in [6, 6.07) is 4.79. The number of hydrogen-bond acceptors (Lipinski definition) is 2. The van der Waals surface area contributed by atoms with Crippen molar-refractivity contribution in [2.24, 2.45) is 0 Å². The summed E-state index contributed by atoms with van der Waals surface area (Å²) in [6.07, 6.45) is 1.80. The van der Waals surface area contributed by atoms with Gasteiger partial charge in [-0.05, 0) is 31.0 Å². The molecule has 1 aromatic rings. The predicted molar refractivity (Wildman–Crippen MR) is 66.0 cm³/mol. The van der Waals surface area contributed by atoms with Crippen LogP contribution in [0.4, 0.5) is 0 Å². The molecule has 0 radical (unpaired) electrons. The number of halogens is 2. The molecule has 1 aliphatic carbocycles. The van der Waals surface area contributed by atoms with E-state index in [1.807, 2.05) is 0 Å². The van der Waals surface area contributed by atoms with Crippen LogP contribution in [0.3, 0.4) is 0 Å². The number of hydrogen-bond donors (Lipinski definition) is 2. The zero-order chi connectivity index (χ0) is 11.8. The van der Waals surface area contributed by atoms with Crippen molar-refractivity contribution < 1.29 is 9.90 Å². The molecule has 0 saturated heterocycles. The Bertz CT molecular complexity index is 432. The standard InChI is InChI=1S/C11H11BrClNO2/c12-7-1-2-8(9(15)5-7)10(16)14-11(6-13)3-4-11/h1-2,5,15H,3-4,6H2,(H,14,16). The lowest BCUT2D eigenvalue weighted by Gasteiger charge is -2.14. The van der Waals surface area contributed by atoms with Gasteiger partial charge < -0.3 is 10.4 Å². The van der Waals surface area contributed by atoms with Gasteiger partial charge in [0.1, 0.15) is 5.75 Å². The van der Waals surface area contributed by atoms with E-state index in [1.54, 1.807) is 12.1 Å². The van der Waals surface area contributed by atoms with Gasteiger partial charge in [-0.3, -0.25) is 4.79 Å². The summed E-state index contributed by atoms with van der Waals surface area (Å²) in [4.78, 5) is 11.8. The lowest BCUT2D eigenvalue weighted by atomic mass is 10.1. The molecule has 0 aromatic heterocycles. The summed E-state index contributed by atoms with van der Waals surface area (Å²) in [5, 5.41) is 12.5. The van der Waals surface area contributed by atoms with Crippen molar-refractivity contribution in [3.8, 4) is 5.75 Å². The topological polar surface area (TPSA) is 49.3 Å². The molecule has 0 heterocycles. The van der Waals surface area contributed by atoms with Crippen molar-refractivity contribution in [3.63, 3.8) is 0 Å². The predicted octanol–water partition coefficient (Wildman–Crippen LogP) is 2.66. The SMILES string of the molecule is O=C(NC1(CCl)CC1)c1ccc(Br)cc1O. The molecule has 1 saturated carbocycles. The van der Waals surface area contributed by atoms with Crippen LogP contribution in [0.25, 0.3) is 0 Å². The van der Waals surface area contributed by atoms with E-state index >= 15 is 0 Å². The third-order valence-corrected chi connectivity index (χ3v) is 3.70. The quantitative estimate of drug-likeness (QED) is 0.844. The third-order valence-electron chi connectivity index (χ3n) is 2.69. The monoisotopic (exact) mass is 303 g/mol. The molecule has 0 bridgehead atoms. The minimum Gasteiger partial charge on any atom is -0.507 e. The molecule has 5 heteroatoms. The van der Waals surface area contributed by atoms with E-state index in [-0.39, 0.29) is 22.8 Å². The molecule has 2 N–H and O–H groups in total. The second kappa shape index (κ2) is 4.26. The van der Waals surface area contributed by atoms with Gasteiger partial charge in [-0.1, -0.05) is 15.9 Å². The molecule has 1 aromatic carbocycles. The van der Waals surface area contributed by atoms with Gasteiger partial charge in [0.05, 0.1) is 11.1 Å². The zero-order valence-electron chi connectivity index (χ0n) is 8.46. The number of phenols is 1. The fourth-order valence-corrected chi connectivity index (χ4v) is 2.13. The average molecular weight is 305 g/mol. The fraction of sp³-hybridized carbons (Fsp3) is 0.364. The Kier molecular flexibility index (Phi) is 3.13. The number of carbonyl (C=O) groups excluding carboxylic acids is 1. The molecule has 0 aliphatic heterocycles. The Morgan fingerprint density at radius 2 is 2.25 bits per heavy atom. The fourth-order valence-electron chi connectivity index (χ4n) is 1.45. The second-order valence-corrected chi connectivity index (χ2v) is 5.21. The molecule has 1 amide bonds. The normalized spacial score (nSPS) is 16.9. The Hall–Kier alpha value is -0.740. The van der Waals surface area contributed by atoms with Crippen LogP contribution in [0, 0.1) is 0 Å². The van der Waals surface area contributed by atoms with Crippen molar-refractivity contribution in [2.75, 3.05) is 5.88 Å². The molecule has 0 unspecified atom stereocenters. The number of benzene rings is 1. The highest BCUT2D eigenvalue weighted by Crippen LogP contribution is 2.37. The summed E-state index contributed by atoms with van der Waals surface area (Å²) < 4.78 is 0.736. The van der Waals surface area contributed by atoms with Crippen LogP contribution < -0.4 is 5.32 Å². The van der Waals surface area contributed by atoms with E-state index in [9.17, 15) is 9.90 Å². The van der Waals surface area contributed by atoms with Gasteiger partial charge in [0.2, 0.25) is 0 Å². The molecule has 86 valence electrons. The van der Waals surface area contributed by atoms with Gasteiger partial charge in [0, 0.05) is 10.4 Å². The molecule has 1 aliphatic rings. The number of amides is 1. The summed E-state index contributed by atoms with van der Waals surface area (Å²) in [5.74, 6) is 0.108. The molecule has 0 atom stereocenters. The number of phenolic OH excluding ortho intramolecular Hbond substituents is 1. The number of aromatic hydroxyl groups is 1. The van der Waals surface area contributed by atoms with Gasteiger partial charge in [0.15, 0.2) is 0 Å². The lowest BCUT2D eigenvalue weighted by Crippen LogP contribution is -2.38. The van der Waals surface area contributed by atoms with Gasteiger partial charge in [-0.15, -0.1) is 11.6 Å². The highest BCUT2D eigenvalue weighted by atomic mass is 79.9. The minimum absolute atomic E-state index is 0.0303. The molecule has 3 nitrogen and oxygen atoms in total. The van der Waals surface area contributed by atoms with Crippen LogP contribution in [0.5, 0.6) is 5.75 Å². The minimum atomic E-state index is -0.275. The first-order chi connectivity index (χ1) is 7.56. The number of nitrogens with one attached hydrogen (secondary N) is 1.